The van der Waals surface area contributed by atoms with Gasteiger partial charge in [-0.1, -0.05) is 30.7 Å². The molecule has 0 unspecified atom stereocenters. The first kappa shape index (κ1) is 13.1. The Balaban J connectivity index is 1.84. The molecule has 1 heterocycles. The van der Waals surface area contributed by atoms with Crippen molar-refractivity contribution in [2.45, 2.75) is 38.5 Å². The highest BCUT2D eigenvalue weighted by molar-refractivity contribution is 5.81. The molecule has 0 radical (unpaired) electrons. The van der Waals surface area contributed by atoms with Gasteiger partial charge >= 0.3 is 0 Å². The second-order valence-corrected chi connectivity index (χ2v) is 4.70. The lowest BCUT2D eigenvalue weighted by Crippen LogP contribution is -2.46. The Morgan fingerprint density at radius 2 is 2.22 bits per heavy atom. The van der Waals surface area contributed by atoms with Crippen LogP contribution in [0.3, 0.4) is 0 Å². The summed E-state index contributed by atoms with van der Waals surface area (Å²) in [7, 11) is 0. The van der Waals surface area contributed by atoms with Gasteiger partial charge in [0.15, 0.2) is 0 Å². The van der Waals surface area contributed by atoms with Crippen LogP contribution in [0.1, 0.15) is 30.4 Å². The summed E-state index contributed by atoms with van der Waals surface area (Å²) in [6, 6.07) is 7.59. The van der Waals surface area contributed by atoms with Gasteiger partial charge < -0.3 is 15.7 Å². The van der Waals surface area contributed by atoms with E-state index in [-0.39, 0.29) is 18.6 Å². The molecule has 0 saturated carbocycles. The van der Waals surface area contributed by atoms with Gasteiger partial charge in [-0.3, -0.25) is 4.79 Å². The lowest BCUT2D eigenvalue weighted by atomic mass is 10.0. The molecule has 0 bridgehead atoms. The molecule has 1 aromatic carbocycles. The molecule has 4 heteroatoms. The largest absolute Gasteiger partial charge is 0.392 e. The summed E-state index contributed by atoms with van der Waals surface area (Å²) < 4.78 is 0. The first-order valence-electron chi connectivity index (χ1n) is 6.49. The van der Waals surface area contributed by atoms with Crippen molar-refractivity contribution >= 4 is 5.91 Å². The maximum Gasteiger partial charge on any atom is 0.237 e. The maximum atomic E-state index is 11.9. The van der Waals surface area contributed by atoms with E-state index in [2.05, 4.69) is 10.6 Å². The molecular formula is C14H20N2O2. The highest BCUT2D eigenvalue weighted by Crippen LogP contribution is 2.08. The number of hydrogen-bond donors (Lipinski definition) is 3. The second kappa shape index (κ2) is 6.52. The van der Waals surface area contributed by atoms with Crippen LogP contribution in [-0.4, -0.2) is 23.6 Å². The third-order valence-corrected chi connectivity index (χ3v) is 3.27. The van der Waals surface area contributed by atoms with Crippen molar-refractivity contribution in [1.29, 1.82) is 0 Å². The summed E-state index contributed by atoms with van der Waals surface area (Å²) in [6.45, 7) is 1.48. The van der Waals surface area contributed by atoms with Crippen LogP contribution in [0.25, 0.3) is 0 Å². The van der Waals surface area contributed by atoms with Gasteiger partial charge in [0.2, 0.25) is 5.91 Å². The van der Waals surface area contributed by atoms with Crippen molar-refractivity contribution in [2.24, 2.45) is 0 Å². The number of nitrogens with one attached hydrogen (secondary N) is 2. The topological polar surface area (TPSA) is 61.4 Å². The van der Waals surface area contributed by atoms with Crippen molar-refractivity contribution in [3.8, 4) is 0 Å². The molecule has 18 heavy (non-hydrogen) atoms. The fourth-order valence-electron chi connectivity index (χ4n) is 2.23. The van der Waals surface area contributed by atoms with Gasteiger partial charge in [0.05, 0.1) is 12.6 Å². The van der Waals surface area contributed by atoms with E-state index in [1.165, 1.54) is 0 Å². The number of amides is 1. The maximum absolute atomic E-state index is 11.9. The average molecular weight is 248 g/mol. The molecule has 1 fully saturated rings. The highest BCUT2D eigenvalue weighted by atomic mass is 16.3. The normalized spacial score (nSPS) is 19.5. The lowest BCUT2D eigenvalue weighted by Gasteiger charge is -2.22. The molecule has 3 N–H and O–H groups in total. The number of piperidine rings is 1. The number of aliphatic hydroxyl groups excluding tert-OH is 1. The minimum Gasteiger partial charge on any atom is -0.392 e. The molecule has 0 aliphatic carbocycles. The number of aliphatic hydroxyl groups is 1. The molecule has 0 aromatic heterocycles. The van der Waals surface area contributed by atoms with Crippen LogP contribution in [0.15, 0.2) is 24.3 Å². The first-order chi connectivity index (χ1) is 8.79. The van der Waals surface area contributed by atoms with Crippen LogP contribution in [0.4, 0.5) is 0 Å². The molecule has 98 valence electrons. The summed E-state index contributed by atoms with van der Waals surface area (Å²) in [5, 5.41) is 15.2. The molecule has 1 atom stereocenters. The molecule has 1 aromatic rings. The lowest BCUT2D eigenvalue weighted by molar-refractivity contribution is -0.123. The third kappa shape index (κ3) is 3.55. The molecule has 1 aliphatic rings. The summed E-state index contributed by atoms with van der Waals surface area (Å²) >= 11 is 0. The Morgan fingerprint density at radius 3 is 2.94 bits per heavy atom. The number of benzene rings is 1. The van der Waals surface area contributed by atoms with Crippen LogP contribution in [0, 0.1) is 0 Å². The van der Waals surface area contributed by atoms with E-state index >= 15 is 0 Å². The Kier molecular flexibility index (Phi) is 4.73. The van der Waals surface area contributed by atoms with Crippen LogP contribution < -0.4 is 10.6 Å². The Morgan fingerprint density at radius 1 is 1.39 bits per heavy atom. The molecule has 1 amide bonds. The van der Waals surface area contributed by atoms with E-state index < -0.39 is 0 Å². The molecule has 1 aliphatic heterocycles. The predicted octanol–water partition coefficient (Wildman–Crippen LogP) is 0.937. The molecule has 2 rings (SSSR count). The van der Waals surface area contributed by atoms with E-state index in [1.807, 2.05) is 24.3 Å². The summed E-state index contributed by atoms with van der Waals surface area (Å²) in [5.74, 6) is 0.0732. The number of carbonyl (C=O) groups excluding carboxylic acids is 1. The van der Waals surface area contributed by atoms with E-state index in [1.54, 1.807) is 0 Å². The minimum absolute atomic E-state index is 0.0337. The summed E-state index contributed by atoms with van der Waals surface area (Å²) in [6.07, 6.45) is 3.19. The zero-order valence-corrected chi connectivity index (χ0v) is 10.5. The number of rotatable bonds is 4. The van der Waals surface area contributed by atoms with Gasteiger partial charge in [-0.25, -0.2) is 0 Å². The standard InChI is InChI=1S/C14H20N2O2/c17-10-12-5-3-4-11(8-12)9-16-14(18)13-6-1-2-7-15-13/h3-5,8,13,15,17H,1-2,6-7,9-10H2,(H,16,18)/t13-/m0/s1. The van der Waals surface area contributed by atoms with Gasteiger partial charge in [-0.15, -0.1) is 0 Å². The van der Waals surface area contributed by atoms with Gasteiger partial charge in [-0.05, 0) is 30.5 Å². The Bertz CT molecular complexity index is 401. The van der Waals surface area contributed by atoms with E-state index in [0.29, 0.717) is 6.54 Å². The van der Waals surface area contributed by atoms with Crippen LogP contribution in [-0.2, 0) is 17.9 Å². The van der Waals surface area contributed by atoms with E-state index in [0.717, 1.165) is 36.9 Å². The fraction of sp³-hybridized carbons (Fsp3) is 0.500. The Labute approximate surface area is 107 Å². The SMILES string of the molecule is O=C(NCc1cccc(CO)c1)[C@@H]1CCCCN1. The molecular weight excluding hydrogens is 228 g/mol. The second-order valence-electron chi connectivity index (χ2n) is 4.70. The van der Waals surface area contributed by atoms with Crippen LogP contribution >= 0.6 is 0 Å². The molecule has 1 saturated heterocycles. The quantitative estimate of drug-likeness (QED) is 0.743. The fourth-order valence-corrected chi connectivity index (χ4v) is 2.23. The summed E-state index contributed by atoms with van der Waals surface area (Å²) in [4.78, 5) is 11.9. The Hall–Kier alpha value is -1.39. The number of hydrogen-bond acceptors (Lipinski definition) is 3. The van der Waals surface area contributed by atoms with Crippen molar-refractivity contribution in [2.75, 3.05) is 6.54 Å². The third-order valence-electron chi connectivity index (χ3n) is 3.27. The monoisotopic (exact) mass is 248 g/mol. The molecule has 0 spiro atoms. The van der Waals surface area contributed by atoms with Gasteiger partial charge in [0.25, 0.3) is 0 Å². The van der Waals surface area contributed by atoms with Gasteiger partial charge in [0, 0.05) is 6.54 Å². The number of carbonyl (C=O) groups is 1. The van der Waals surface area contributed by atoms with Crippen LogP contribution in [0.2, 0.25) is 0 Å². The van der Waals surface area contributed by atoms with Crippen molar-refractivity contribution in [1.82, 2.24) is 10.6 Å². The zero-order chi connectivity index (χ0) is 12.8. The molecule has 4 nitrogen and oxygen atoms in total. The zero-order valence-electron chi connectivity index (χ0n) is 10.5. The van der Waals surface area contributed by atoms with Crippen molar-refractivity contribution in [3.05, 3.63) is 35.4 Å². The minimum atomic E-state index is -0.0419. The van der Waals surface area contributed by atoms with Gasteiger partial charge in [-0.2, -0.15) is 0 Å². The first-order valence-corrected chi connectivity index (χ1v) is 6.49. The van der Waals surface area contributed by atoms with E-state index in [9.17, 15) is 4.79 Å². The van der Waals surface area contributed by atoms with Crippen LogP contribution in [0.5, 0.6) is 0 Å². The van der Waals surface area contributed by atoms with Crippen molar-refractivity contribution < 1.29 is 9.90 Å². The highest BCUT2D eigenvalue weighted by Gasteiger charge is 2.19. The summed E-state index contributed by atoms with van der Waals surface area (Å²) in [5.41, 5.74) is 1.89. The van der Waals surface area contributed by atoms with Crippen molar-refractivity contribution in [3.63, 3.8) is 0 Å². The van der Waals surface area contributed by atoms with Gasteiger partial charge in [0.1, 0.15) is 0 Å². The smallest absolute Gasteiger partial charge is 0.237 e. The van der Waals surface area contributed by atoms with E-state index in [4.69, 9.17) is 5.11 Å². The predicted molar refractivity (Wildman–Crippen MR) is 69.9 cm³/mol. The average Bonchev–Trinajstić information content (AvgIpc) is 2.46.